The van der Waals surface area contributed by atoms with E-state index in [2.05, 4.69) is 19.9 Å². The molecule has 0 aliphatic heterocycles. The second-order valence-electron chi connectivity index (χ2n) is 3.18. The molecule has 2 rings (SSSR count). The Balaban J connectivity index is 2.38. The molecule has 5 nitrogen and oxygen atoms in total. The molecule has 0 saturated heterocycles. The van der Waals surface area contributed by atoms with Crippen LogP contribution < -0.4 is 0 Å². The van der Waals surface area contributed by atoms with Crippen LogP contribution in [0, 0.1) is 0 Å². The lowest BCUT2D eigenvalue weighted by Gasteiger charge is -2.04. The number of nitrogens with zero attached hydrogens (tertiary/aromatic N) is 4. The third kappa shape index (κ3) is 1.65. The number of nitrogens with one attached hydrogen (secondary N) is 1. The van der Waals surface area contributed by atoms with E-state index in [-0.39, 0.29) is 0 Å². The SMILES string of the molecule is CN(C)Cc1nc2ncncc2[nH]1. The summed E-state index contributed by atoms with van der Waals surface area (Å²) in [5.41, 5.74) is 1.62. The zero-order chi connectivity index (χ0) is 9.26. The van der Waals surface area contributed by atoms with Gasteiger partial charge in [0.1, 0.15) is 17.7 Å². The van der Waals surface area contributed by atoms with Crippen molar-refractivity contribution < 1.29 is 0 Å². The minimum atomic E-state index is 0.729. The maximum atomic E-state index is 4.30. The fourth-order valence-corrected chi connectivity index (χ4v) is 1.19. The highest BCUT2D eigenvalue weighted by atomic mass is 15.1. The highest BCUT2D eigenvalue weighted by molar-refractivity contribution is 5.68. The van der Waals surface area contributed by atoms with E-state index in [1.807, 2.05) is 19.0 Å². The van der Waals surface area contributed by atoms with Crippen molar-refractivity contribution in [3.63, 3.8) is 0 Å². The van der Waals surface area contributed by atoms with Gasteiger partial charge in [-0.2, -0.15) is 0 Å². The van der Waals surface area contributed by atoms with Gasteiger partial charge in [-0.25, -0.2) is 15.0 Å². The summed E-state index contributed by atoms with van der Waals surface area (Å²) in [4.78, 5) is 17.4. The van der Waals surface area contributed by atoms with Crippen molar-refractivity contribution >= 4 is 11.2 Å². The van der Waals surface area contributed by atoms with Gasteiger partial charge < -0.3 is 9.88 Å². The molecule has 1 N–H and O–H groups in total. The average molecular weight is 177 g/mol. The molecule has 68 valence electrons. The van der Waals surface area contributed by atoms with Gasteiger partial charge in [-0.1, -0.05) is 0 Å². The van der Waals surface area contributed by atoms with Gasteiger partial charge in [0.05, 0.1) is 12.7 Å². The number of aromatic amines is 1. The lowest BCUT2D eigenvalue weighted by atomic mass is 10.5. The Kier molecular flexibility index (Phi) is 1.94. The predicted octanol–water partition coefficient (Wildman–Crippen LogP) is 0.414. The Bertz CT molecular complexity index is 373. The number of imidazole rings is 1. The second-order valence-corrected chi connectivity index (χ2v) is 3.18. The largest absolute Gasteiger partial charge is 0.338 e. The van der Waals surface area contributed by atoms with E-state index in [9.17, 15) is 0 Å². The van der Waals surface area contributed by atoms with E-state index in [1.54, 1.807) is 6.20 Å². The topological polar surface area (TPSA) is 57.7 Å². The molecule has 0 aliphatic rings. The van der Waals surface area contributed by atoms with Crippen molar-refractivity contribution in [1.29, 1.82) is 0 Å². The van der Waals surface area contributed by atoms with Crippen LogP contribution in [-0.2, 0) is 6.54 Å². The number of aromatic nitrogens is 4. The van der Waals surface area contributed by atoms with Gasteiger partial charge in [-0.3, -0.25) is 0 Å². The molecular formula is C8H11N5. The standard InChI is InChI=1S/C8H11N5/c1-13(2)4-7-11-6-3-9-5-10-8(6)12-7/h3,5H,4H2,1-2H3,(H,9,10,11,12). The maximum absolute atomic E-state index is 4.30. The average Bonchev–Trinajstić information content (AvgIpc) is 2.44. The molecular weight excluding hydrogens is 166 g/mol. The lowest BCUT2D eigenvalue weighted by Crippen LogP contribution is -2.11. The summed E-state index contributed by atoms with van der Waals surface area (Å²) in [6, 6.07) is 0. The summed E-state index contributed by atoms with van der Waals surface area (Å²) in [6.07, 6.45) is 3.23. The normalized spacial score (nSPS) is 11.3. The molecule has 2 heterocycles. The van der Waals surface area contributed by atoms with Gasteiger partial charge in [0.2, 0.25) is 0 Å². The zero-order valence-electron chi connectivity index (χ0n) is 7.65. The van der Waals surface area contributed by atoms with Crippen molar-refractivity contribution in [1.82, 2.24) is 24.8 Å². The van der Waals surface area contributed by atoms with Crippen LogP contribution in [0.15, 0.2) is 12.5 Å². The number of fused-ring (bicyclic) bond motifs is 1. The second kappa shape index (κ2) is 3.10. The van der Waals surface area contributed by atoms with Crippen molar-refractivity contribution in [3.05, 3.63) is 18.3 Å². The molecule has 5 heteroatoms. The lowest BCUT2D eigenvalue weighted by molar-refractivity contribution is 0.392. The Labute approximate surface area is 75.8 Å². The van der Waals surface area contributed by atoms with Crippen LogP contribution in [0.5, 0.6) is 0 Å². The van der Waals surface area contributed by atoms with Crippen LogP contribution in [0.25, 0.3) is 11.2 Å². The molecule has 0 saturated carbocycles. The molecule has 0 aliphatic carbocycles. The van der Waals surface area contributed by atoms with Gasteiger partial charge in [0.15, 0.2) is 5.65 Å². The fraction of sp³-hybridized carbons (Fsp3) is 0.375. The quantitative estimate of drug-likeness (QED) is 0.722. The van der Waals surface area contributed by atoms with E-state index in [0.717, 1.165) is 23.5 Å². The van der Waals surface area contributed by atoms with Crippen LogP contribution in [0.1, 0.15) is 5.82 Å². The summed E-state index contributed by atoms with van der Waals surface area (Å²) in [6.45, 7) is 0.788. The molecule has 0 spiro atoms. The van der Waals surface area contributed by atoms with Crippen molar-refractivity contribution in [2.45, 2.75) is 6.54 Å². The van der Waals surface area contributed by atoms with Gasteiger partial charge >= 0.3 is 0 Å². The highest BCUT2D eigenvalue weighted by Gasteiger charge is 2.03. The van der Waals surface area contributed by atoms with Crippen LogP contribution in [0.2, 0.25) is 0 Å². The maximum Gasteiger partial charge on any atom is 0.180 e. The van der Waals surface area contributed by atoms with E-state index in [1.165, 1.54) is 6.33 Å². The first-order valence-electron chi connectivity index (χ1n) is 4.05. The minimum absolute atomic E-state index is 0.729. The number of hydrogen-bond acceptors (Lipinski definition) is 4. The predicted molar refractivity (Wildman–Crippen MR) is 49.1 cm³/mol. The van der Waals surface area contributed by atoms with Gasteiger partial charge in [0.25, 0.3) is 0 Å². The van der Waals surface area contributed by atoms with Crippen LogP contribution in [0.3, 0.4) is 0 Å². The molecule has 2 aromatic heterocycles. The van der Waals surface area contributed by atoms with E-state index in [4.69, 9.17) is 0 Å². The van der Waals surface area contributed by atoms with Crippen molar-refractivity contribution in [2.75, 3.05) is 14.1 Å². The third-order valence-corrected chi connectivity index (χ3v) is 1.68. The smallest absolute Gasteiger partial charge is 0.180 e. The van der Waals surface area contributed by atoms with Gasteiger partial charge in [-0.05, 0) is 14.1 Å². The minimum Gasteiger partial charge on any atom is -0.338 e. The molecule has 0 fully saturated rings. The Hall–Kier alpha value is -1.49. The van der Waals surface area contributed by atoms with E-state index < -0.39 is 0 Å². The van der Waals surface area contributed by atoms with Crippen LogP contribution in [-0.4, -0.2) is 38.9 Å². The Morgan fingerprint density at radius 1 is 1.46 bits per heavy atom. The van der Waals surface area contributed by atoms with E-state index >= 15 is 0 Å². The molecule has 13 heavy (non-hydrogen) atoms. The number of rotatable bonds is 2. The van der Waals surface area contributed by atoms with Crippen molar-refractivity contribution in [3.8, 4) is 0 Å². The van der Waals surface area contributed by atoms with Gasteiger partial charge in [-0.15, -0.1) is 0 Å². The third-order valence-electron chi connectivity index (χ3n) is 1.68. The summed E-state index contributed by atoms with van der Waals surface area (Å²) < 4.78 is 0. The summed E-state index contributed by atoms with van der Waals surface area (Å²) in [7, 11) is 4.00. The van der Waals surface area contributed by atoms with Gasteiger partial charge in [0, 0.05) is 0 Å². The number of H-pyrrole nitrogens is 1. The Morgan fingerprint density at radius 2 is 2.31 bits per heavy atom. The summed E-state index contributed by atoms with van der Waals surface area (Å²) >= 11 is 0. The molecule has 0 amide bonds. The van der Waals surface area contributed by atoms with Crippen LogP contribution in [0.4, 0.5) is 0 Å². The molecule has 0 aromatic carbocycles. The first-order valence-corrected chi connectivity index (χ1v) is 4.05. The summed E-state index contributed by atoms with van der Waals surface area (Å²) in [5.74, 6) is 0.917. The molecule has 0 unspecified atom stereocenters. The summed E-state index contributed by atoms with van der Waals surface area (Å²) in [5, 5.41) is 0. The first-order chi connectivity index (χ1) is 6.25. The zero-order valence-corrected chi connectivity index (χ0v) is 7.65. The first kappa shape index (κ1) is 8.12. The molecule has 2 aromatic rings. The monoisotopic (exact) mass is 177 g/mol. The van der Waals surface area contributed by atoms with Crippen molar-refractivity contribution in [2.24, 2.45) is 0 Å². The highest BCUT2D eigenvalue weighted by Crippen LogP contribution is 2.06. The van der Waals surface area contributed by atoms with E-state index in [0.29, 0.717) is 0 Å². The Morgan fingerprint density at radius 3 is 3.00 bits per heavy atom. The molecule has 0 atom stereocenters. The molecule has 0 radical (unpaired) electrons. The fourth-order valence-electron chi connectivity index (χ4n) is 1.19. The number of hydrogen-bond donors (Lipinski definition) is 1. The molecule has 0 bridgehead atoms. The van der Waals surface area contributed by atoms with Crippen LogP contribution >= 0.6 is 0 Å².